The normalized spacial score (nSPS) is 17.3. The van der Waals surface area contributed by atoms with E-state index in [1.54, 1.807) is 12.1 Å². The highest BCUT2D eigenvalue weighted by molar-refractivity contribution is 5.77. The van der Waals surface area contributed by atoms with Gasteiger partial charge in [0.2, 0.25) is 5.91 Å². The molecule has 1 atom stereocenters. The van der Waals surface area contributed by atoms with Gasteiger partial charge in [0.05, 0.1) is 0 Å². The lowest BCUT2D eigenvalue weighted by Crippen LogP contribution is -2.55. The molecule has 3 rings (SSSR count). The van der Waals surface area contributed by atoms with Gasteiger partial charge in [0, 0.05) is 37.6 Å². The average Bonchev–Trinajstić information content (AvgIpc) is 2.72. The Hall–Kier alpha value is -2.24. The summed E-state index contributed by atoms with van der Waals surface area (Å²) in [7, 11) is 4.09. The number of carbonyl (C=O) groups excluding carboxylic acids is 1. The first-order valence-electron chi connectivity index (χ1n) is 9.83. The third-order valence-corrected chi connectivity index (χ3v) is 5.86. The van der Waals surface area contributed by atoms with E-state index < -0.39 is 0 Å². The molecule has 0 spiro atoms. The molecule has 0 unspecified atom stereocenters. The zero-order valence-electron chi connectivity index (χ0n) is 16.7. The number of nitrogens with one attached hydrogen (secondary N) is 1. The van der Waals surface area contributed by atoms with E-state index >= 15 is 0 Å². The molecule has 150 valence electrons. The second kappa shape index (κ2) is 9.30. The molecule has 1 N–H and O–H groups in total. The third kappa shape index (κ3) is 4.78. The number of hydrogen-bond donors (Lipinski definition) is 1. The summed E-state index contributed by atoms with van der Waals surface area (Å²) >= 11 is 0. The quantitative estimate of drug-likeness (QED) is 0.793. The van der Waals surface area contributed by atoms with Crippen LogP contribution in [0.15, 0.2) is 54.6 Å². The van der Waals surface area contributed by atoms with Gasteiger partial charge in [-0.3, -0.25) is 4.79 Å². The highest BCUT2D eigenvalue weighted by Gasteiger charge is 2.35. The Morgan fingerprint density at radius 1 is 1.11 bits per heavy atom. The largest absolute Gasteiger partial charge is 0.381 e. The van der Waals surface area contributed by atoms with Gasteiger partial charge in [0.1, 0.15) is 5.82 Å². The fourth-order valence-corrected chi connectivity index (χ4v) is 3.90. The average molecular weight is 384 g/mol. The second-order valence-corrected chi connectivity index (χ2v) is 7.70. The van der Waals surface area contributed by atoms with Crippen LogP contribution in [0.1, 0.15) is 36.3 Å². The molecule has 1 fully saturated rings. The van der Waals surface area contributed by atoms with E-state index in [-0.39, 0.29) is 29.6 Å². The number of hydrogen-bond acceptors (Lipinski definition) is 3. The van der Waals surface area contributed by atoms with Crippen molar-refractivity contribution in [1.29, 1.82) is 0 Å². The van der Waals surface area contributed by atoms with Crippen molar-refractivity contribution >= 4 is 5.91 Å². The van der Waals surface area contributed by atoms with Gasteiger partial charge in [-0.2, -0.15) is 0 Å². The van der Waals surface area contributed by atoms with Crippen LogP contribution < -0.4 is 5.32 Å². The lowest BCUT2D eigenvalue weighted by molar-refractivity contribution is -0.122. The molecular weight excluding hydrogens is 355 g/mol. The van der Waals surface area contributed by atoms with E-state index in [1.165, 1.54) is 6.07 Å². The number of carbonyl (C=O) groups is 1. The summed E-state index contributed by atoms with van der Waals surface area (Å²) in [5.41, 5.74) is 1.40. The summed E-state index contributed by atoms with van der Waals surface area (Å²) in [5, 5.41) is 3.11. The van der Waals surface area contributed by atoms with Gasteiger partial charge in [-0.05, 0) is 44.1 Å². The first-order valence-corrected chi connectivity index (χ1v) is 9.83. The monoisotopic (exact) mass is 384 g/mol. The number of ether oxygens (including phenoxy) is 1. The lowest BCUT2D eigenvalue weighted by atomic mass is 9.87. The minimum absolute atomic E-state index is 0.0650. The maximum Gasteiger partial charge on any atom is 0.221 e. The molecule has 28 heavy (non-hydrogen) atoms. The number of nitrogens with zero attached hydrogens (tertiary/aromatic N) is 1. The van der Waals surface area contributed by atoms with E-state index in [0.717, 1.165) is 18.4 Å². The number of likely N-dealkylation sites (N-methyl/N-ethyl adjacent to an activating group) is 1. The fourth-order valence-electron chi connectivity index (χ4n) is 3.90. The van der Waals surface area contributed by atoms with Crippen molar-refractivity contribution in [2.45, 2.75) is 30.7 Å². The molecule has 5 heteroatoms. The minimum Gasteiger partial charge on any atom is -0.381 e. The van der Waals surface area contributed by atoms with E-state index in [1.807, 2.05) is 50.5 Å². The highest BCUT2D eigenvalue weighted by atomic mass is 19.1. The van der Waals surface area contributed by atoms with E-state index in [4.69, 9.17) is 4.74 Å². The number of amides is 1. The van der Waals surface area contributed by atoms with E-state index in [9.17, 15) is 9.18 Å². The van der Waals surface area contributed by atoms with Crippen LogP contribution in [0, 0.1) is 5.82 Å². The summed E-state index contributed by atoms with van der Waals surface area (Å²) in [5.74, 6) is -0.657. The second-order valence-electron chi connectivity index (χ2n) is 7.70. The van der Waals surface area contributed by atoms with Gasteiger partial charge in [-0.1, -0.05) is 48.5 Å². The van der Waals surface area contributed by atoms with Crippen LogP contribution in [0.3, 0.4) is 0 Å². The molecule has 0 radical (unpaired) electrons. The molecule has 2 aromatic rings. The van der Waals surface area contributed by atoms with Crippen molar-refractivity contribution in [1.82, 2.24) is 10.2 Å². The molecule has 0 aromatic heterocycles. The van der Waals surface area contributed by atoms with Gasteiger partial charge in [-0.25, -0.2) is 4.39 Å². The molecule has 1 amide bonds. The first kappa shape index (κ1) is 20.5. The van der Waals surface area contributed by atoms with Crippen molar-refractivity contribution < 1.29 is 13.9 Å². The molecule has 0 saturated carbocycles. The zero-order valence-corrected chi connectivity index (χ0v) is 16.7. The van der Waals surface area contributed by atoms with Crippen LogP contribution in [-0.4, -0.2) is 50.2 Å². The summed E-state index contributed by atoms with van der Waals surface area (Å²) in [6.07, 6.45) is 1.98. The molecule has 2 aromatic carbocycles. The van der Waals surface area contributed by atoms with Gasteiger partial charge in [0.15, 0.2) is 0 Å². The Labute approximate surface area is 166 Å². The zero-order chi connectivity index (χ0) is 20.0. The number of halogens is 1. The summed E-state index contributed by atoms with van der Waals surface area (Å²) in [6.45, 7) is 1.98. The molecule has 1 aliphatic rings. The lowest BCUT2D eigenvalue weighted by Gasteiger charge is -2.43. The van der Waals surface area contributed by atoms with Gasteiger partial charge in [-0.15, -0.1) is 0 Å². The SMILES string of the molecule is CN(C)C1(CNC(=O)C[C@@H](c2ccccc2)c2ccccc2F)CCOCC1. The highest BCUT2D eigenvalue weighted by Crippen LogP contribution is 2.30. The molecule has 1 aliphatic heterocycles. The van der Waals surface area contributed by atoms with Crippen molar-refractivity contribution in [2.24, 2.45) is 0 Å². The van der Waals surface area contributed by atoms with E-state index in [2.05, 4.69) is 10.2 Å². The topological polar surface area (TPSA) is 41.6 Å². The van der Waals surface area contributed by atoms with Crippen molar-refractivity contribution in [3.8, 4) is 0 Å². The van der Waals surface area contributed by atoms with E-state index in [0.29, 0.717) is 25.3 Å². The molecule has 0 aliphatic carbocycles. The minimum atomic E-state index is -0.313. The van der Waals surface area contributed by atoms with Crippen molar-refractivity contribution in [3.05, 3.63) is 71.5 Å². The van der Waals surface area contributed by atoms with Crippen LogP contribution >= 0.6 is 0 Å². The Bertz CT molecular complexity index is 773. The number of rotatable bonds is 7. The maximum atomic E-state index is 14.5. The molecule has 4 nitrogen and oxygen atoms in total. The predicted octanol–water partition coefficient (Wildman–Crippen LogP) is 3.57. The molecule has 1 saturated heterocycles. The maximum absolute atomic E-state index is 14.5. The molecule has 1 heterocycles. The van der Waals surface area contributed by atoms with Gasteiger partial charge >= 0.3 is 0 Å². The Morgan fingerprint density at radius 2 is 1.75 bits per heavy atom. The Kier molecular flexibility index (Phi) is 6.81. The van der Waals surface area contributed by atoms with Crippen LogP contribution in [0.2, 0.25) is 0 Å². The Morgan fingerprint density at radius 3 is 2.39 bits per heavy atom. The number of benzene rings is 2. The van der Waals surface area contributed by atoms with Gasteiger partial charge < -0.3 is 15.0 Å². The Balaban J connectivity index is 1.74. The van der Waals surface area contributed by atoms with Crippen molar-refractivity contribution in [2.75, 3.05) is 33.9 Å². The van der Waals surface area contributed by atoms with Crippen LogP contribution in [0.4, 0.5) is 4.39 Å². The molecule has 0 bridgehead atoms. The third-order valence-electron chi connectivity index (χ3n) is 5.86. The first-order chi connectivity index (χ1) is 13.5. The van der Waals surface area contributed by atoms with Gasteiger partial charge in [0.25, 0.3) is 0 Å². The summed E-state index contributed by atoms with van der Waals surface area (Å²) < 4.78 is 20.0. The van der Waals surface area contributed by atoms with Crippen LogP contribution in [0.5, 0.6) is 0 Å². The smallest absolute Gasteiger partial charge is 0.221 e. The molecular formula is C23H29FN2O2. The van der Waals surface area contributed by atoms with Crippen molar-refractivity contribution in [3.63, 3.8) is 0 Å². The van der Waals surface area contributed by atoms with Crippen LogP contribution in [0.25, 0.3) is 0 Å². The predicted molar refractivity (Wildman–Crippen MR) is 109 cm³/mol. The standard InChI is InChI=1S/C23H29FN2O2/c1-26(2)23(12-14-28-15-13-23)17-25-22(27)16-20(18-8-4-3-5-9-18)19-10-6-7-11-21(19)24/h3-11,20H,12-17H2,1-2H3,(H,25,27)/t20-/m0/s1. The summed E-state index contributed by atoms with van der Waals surface area (Å²) in [6, 6.07) is 16.4. The van der Waals surface area contributed by atoms with Crippen LogP contribution in [-0.2, 0) is 9.53 Å². The fraction of sp³-hybridized carbons (Fsp3) is 0.435. The summed E-state index contributed by atoms with van der Waals surface area (Å²) in [4.78, 5) is 15.0.